The van der Waals surface area contributed by atoms with Crippen molar-refractivity contribution in [2.24, 2.45) is 5.92 Å². The van der Waals surface area contributed by atoms with E-state index in [0.29, 0.717) is 53.6 Å². The molecule has 2 aliphatic carbocycles. The summed E-state index contributed by atoms with van der Waals surface area (Å²) in [6, 6.07) is 7.61. The van der Waals surface area contributed by atoms with Crippen LogP contribution in [0.2, 0.25) is 0 Å². The Kier molecular flexibility index (Phi) is 9.53. The van der Waals surface area contributed by atoms with Crippen LogP contribution in [0.25, 0.3) is 16.5 Å². The number of ketones is 1. The van der Waals surface area contributed by atoms with E-state index in [1.165, 1.54) is 0 Å². The highest BCUT2D eigenvalue weighted by Crippen LogP contribution is 2.61. The molecule has 5 atom stereocenters. The first-order chi connectivity index (χ1) is 24.7. The number of hydrogen-bond donors (Lipinski definition) is 5. The lowest BCUT2D eigenvalue weighted by Gasteiger charge is -2.38. The maximum Gasteiger partial charge on any atom is 0.375 e. The summed E-state index contributed by atoms with van der Waals surface area (Å²) in [5.74, 6) is -2.66. The van der Waals surface area contributed by atoms with Crippen LogP contribution >= 0.6 is 0 Å². The first kappa shape index (κ1) is 34.9. The van der Waals surface area contributed by atoms with Crippen molar-refractivity contribution < 1.29 is 53.8 Å². The summed E-state index contributed by atoms with van der Waals surface area (Å²) in [4.78, 5) is 43.8. The number of aliphatic hydroxyl groups excluding tert-OH is 3. The fraction of sp³-hybridized carbons (Fsp3) is 0.462. The van der Waals surface area contributed by atoms with E-state index >= 15 is 0 Å². The number of carbonyl (C=O) groups excluding carboxylic acids is 3. The van der Waals surface area contributed by atoms with Gasteiger partial charge < -0.3 is 44.4 Å². The molecule has 2 aromatic carbocycles. The molecular weight excluding hydrogens is 658 g/mol. The third kappa shape index (κ3) is 5.84. The summed E-state index contributed by atoms with van der Waals surface area (Å²) in [5, 5.41) is 43.6. The Morgan fingerprint density at radius 2 is 1.98 bits per heavy atom. The average molecular weight is 702 g/mol. The molecule has 51 heavy (non-hydrogen) atoms. The molecule has 1 aromatic heterocycles. The highest BCUT2D eigenvalue weighted by Gasteiger charge is 2.53. The van der Waals surface area contributed by atoms with Crippen LogP contribution in [0.5, 0.6) is 17.2 Å². The highest BCUT2D eigenvalue weighted by molar-refractivity contribution is 6.11. The van der Waals surface area contributed by atoms with Gasteiger partial charge in [0.25, 0.3) is 0 Å². The summed E-state index contributed by atoms with van der Waals surface area (Å²) < 4.78 is 24.6. The molecule has 12 heteroatoms. The Hall–Kier alpha value is -4.49. The Morgan fingerprint density at radius 1 is 1.16 bits per heavy atom. The van der Waals surface area contributed by atoms with Gasteiger partial charge in [-0.15, -0.1) is 0 Å². The SMILES string of the molecule is CCOC(=O)C1=C(C=O)/C(=C2/C[C@@H](CO)C(=O)[C@H](c3ccc4[nH]ccc4c3)C2)c2c(c(CO)c3c(c2OCCCO)[C@H]2CCC[C@@](C)(O)[C@H]2O3)O1. The molecule has 0 unspecified atom stereocenters. The van der Waals surface area contributed by atoms with Crippen molar-refractivity contribution >= 4 is 34.5 Å². The van der Waals surface area contributed by atoms with Crippen molar-refractivity contribution in [2.75, 3.05) is 26.4 Å². The molecule has 2 saturated carbocycles. The van der Waals surface area contributed by atoms with Crippen LogP contribution in [-0.4, -0.2) is 81.6 Å². The van der Waals surface area contributed by atoms with E-state index in [1.54, 1.807) is 13.8 Å². The lowest BCUT2D eigenvalue weighted by atomic mass is 9.70. The highest BCUT2D eigenvalue weighted by atomic mass is 16.6. The van der Waals surface area contributed by atoms with Crippen LogP contribution in [0.3, 0.4) is 0 Å². The van der Waals surface area contributed by atoms with Crippen molar-refractivity contribution in [3.63, 3.8) is 0 Å². The minimum absolute atomic E-state index is 0.00446. The first-order valence-corrected chi connectivity index (χ1v) is 17.6. The average Bonchev–Trinajstić information content (AvgIpc) is 3.76. The molecule has 0 spiro atoms. The van der Waals surface area contributed by atoms with Gasteiger partial charge in [-0.25, -0.2) is 4.79 Å². The van der Waals surface area contributed by atoms with Crippen molar-refractivity contribution in [1.29, 1.82) is 0 Å². The first-order valence-electron chi connectivity index (χ1n) is 17.6. The van der Waals surface area contributed by atoms with Crippen LogP contribution in [0.1, 0.15) is 86.5 Å². The van der Waals surface area contributed by atoms with Crippen LogP contribution in [0.4, 0.5) is 0 Å². The third-order valence-corrected chi connectivity index (χ3v) is 10.8. The number of allylic oxidation sites excluding steroid dienone is 3. The second-order valence-corrected chi connectivity index (χ2v) is 14.0. The van der Waals surface area contributed by atoms with E-state index in [2.05, 4.69) is 4.98 Å². The molecule has 2 fully saturated rings. The lowest BCUT2D eigenvalue weighted by Crippen LogP contribution is -2.47. The van der Waals surface area contributed by atoms with E-state index in [1.807, 2.05) is 30.5 Å². The molecular formula is C39H43NO11. The number of esters is 1. The largest absolute Gasteiger partial charge is 0.492 e. The zero-order chi connectivity index (χ0) is 36.0. The van der Waals surface area contributed by atoms with Crippen LogP contribution < -0.4 is 14.2 Å². The lowest BCUT2D eigenvalue weighted by molar-refractivity contribution is -0.141. The third-order valence-electron chi connectivity index (χ3n) is 10.8. The van der Waals surface area contributed by atoms with Crippen LogP contribution in [-0.2, 0) is 25.7 Å². The molecule has 5 N–H and O–H groups in total. The second-order valence-electron chi connectivity index (χ2n) is 14.0. The van der Waals surface area contributed by atoms with E-state index in [0.717, 1.165) is 16.5 Å². The summed E-state index contributed by atoms with van der Waals surface area (Å²) in [5.41, 5.74) is 2.37. The minimum Gasteiger partial charge on any atom is -0.492 e. The number of carbonyl (C=O) groups is 3. The van der Waals surface area contributed by atoms with Crippen molar-refractivity contribution in [1.82, 2.24) is 4.98 Å². The molecule has 7 rings (SSSR count). The molecule has 0 saturated heterocycles. The molecule has 0 bridgehead atoms. The quantitative estimate of drug-likeness (QED) is 0.116. The van der Waals surface area contributed by atoms with Crippen molar-refractivity contribution in [3.8, 4) is 17.2 Å². The standard InChI is InChI=1S/C39H43NO11/c1-3-48-38(46)35-26(18-43)29(22-15-23(17-42)32(45)25(16-22)20-7-8-28-21(14-20)9-11-40-28)31-34(50-35)27(19-44)33-30(36(31)49-13-5-12-41)24-6-4-10-39(2,47)37(24)51-33/h7-9,11,14,18,23-25,37,40-42,44,47H,3-6,10,12-13,15-17,19H2,1-2H3/b29-22+/t23-,24+,25-,37-,39+/m0/s1. The Labute approximate surface area is 294 Å². The van der Waals surface area contributed by atoms with Crippen LogP contribution in [0.15, 0.2) is 47.4 Å². The van der Waals surface area contributed by atoms with E-state index in [4.69, 9.17) is 18.9 Å². The predicted octanol–water partition coefficient (Wildman–Crippen LogP) is 4.12. The van der Waals surface area contributed by atoms with E-state index in [-0.39, 0.29) is 79.2 Å². The smallest absolute Gasteiger partial charge is 0.375 e. The Balaban J connectivity index is 1.52. The number of H-pyrrole nitrogens is 1. The maximum atomic E-state index is 13.9. The Bertz CT molecular complexity index is 1950. The number of rotatable bonds is 10. The summed E-state index contributed by atoms with van der Waals surface area (Å²) in [7, 11) is 0. The predicted molar refractivity (Wildman–Crippen MR) is 184 cm³/mol. The number of fused-ring (bicyclic) bond motifs is 5. The van der Waals surface area contributed by atoms with Crippen molar-refractivity contribution in [3.05, 3.63) is 69.6 Å². The summed E-state index contributed by atoms with van der Waals surface area (Å²) in [6.07, 6.45) is 4.03. The molecule has 2 aliphatic heterocycles. The molecule has 12 nitrogen and oxygen atoms in total. The zero-order valence-electron chi connectivity index (χ0n) is 28.7. The Morgan fingerprint density at radius 3 is 2.71 bits per heavy atom. The topological polar surface area (TPSA) is 185 Å². The van der Waals surface area contributed by atoms with Crippen molar-refractivity contribution in [2.45, 2.75) is 82.5 Å². The number of aromatic amines is 1. The number of nitrogens with one attached hydrogen (secondary N) is 1. The van der Waals surface area contributed by atoms with Gasteiger partial charge in [-0.05, 0) is 75.1 Å². The van der Waals surface area contributed by atoms with Gasteiger partial charge in [-0.2, -0.15) is 0 Å². The van der Waals surface area contributed by atoms with Crippen LogP contribution in [0, 0.1) is 5.92 Å². The summed E-state index contributed by atoms with van der Waals surface area (Å²) in [6.45, 7) is 2.25. The van der Waals surface area contributed by atoms with E-state index < -0.39 is 42.7 Å². The van der Waals surface area contributed by atoms with Gasteiger partial charge in [-0.3, -0.25) is 9.59 Å². The van der Waals surface area contributed by atoms with Gasteiger partial charge in [0.2, 0.25) is 5.76 Å². The van der Waals surface area contributed by atoms with Gasteiger partial charge in [0.1, 0.15) is 29.1 Å². The maximum absolute atomic E-state index is 13.9. The number of hydrogen-bond acceptors (Lipinski definition) is 11. The molecule has 0 amide bonds. The minimum atomic E-state index is -1.20. The monoisotopic (exact) mass is 701 g/mol. The van der Waals surface area contributed by atoms with Gasteiger partial charge in [0.05, 0.1) is 48.7 Å². The second kappa shape index (κ2) is 13.9. The number of aliphatic hydroxyl groups is 4. The van der Waals surface area contributed by atoms with E-state index in [9.17, 15) is 34.8 Å². The number of aldehydes is 1. The van der Waals surface area contributed by atoms with Gasteiger partial charge in [0.15, 0.2) is 6.29 Å². The number of aromatic nitrogens is 1. The fourth-order valence-electron chi connectivity index (χ4n) is 8.41. The number of Topliss-reactive ketones (excluding diaryl/α,β-unsaturated/α-hetero) is 1. The van der Waals surface area contributed by atoms with Gasteiger partial charge in [0, 0.05) is 53.6 Å². The zero-order valence-corrected chi connectivity index (χ0v) is 28.7. The molecule has 270 valence electrons. The fourth-order valence-corrected chi connectivity index (χ4v) is 8.41. The number of benzene rings is 2. The molecule has 0 radical (unpaired) electrons. The van der Waals surface area contributed by atoms with Gasteiger partial charge in [-0.1, -0.05) is 11.6 Å². The summed E-state index contributed by atoms with van der Waals surface area (Å²) >= 11 is 0. The normalized spacial score (nSPS) is 27.0. The molecule has 3 aromatic rings. The molecule has 3 heterocycles. The van der Waals surface area contributed by atoms with Gasteiger partial charge >= 0.3 is 5.97 Å². The number of ether oxygens (including phenoxy) is 4. The molecule has 4 aliphatic rings.